The molecule has 1 rings (SSSR count). The molecular weight excluding hydrogens is 224 g/mol. The van der Waals surface area contributed by atoms with Crippen LogP contribution in [-0.4, -0.2) is 32.4 Å². The van der Waals surface area contributed by atoms with Crippen LogP contribution in [0.5, 0.6) is 0 Å². The van der Waals surface area contributed by atoms with Crippen LogP contribution < -0.4 is 0 Å². The highest BCUT2D eigenvalue weighted by molar-refractivity contribution is 8.10. The van der Waals surface area contributed by atoms with Crippen LogP contribution in [0.4, 0.5) is 0 Å². The van der Waals surface area contributed by atoms with Gasteiger partial charge in [0, 0.05) is 0 Å². The normalized spacial score (nSPS) is 28.4. The molecule has 0 N–H and O–H groups in total. The molecule has 0 atom stereocenters. The molecule has 0 bridgehead atoms. The van der Waals surface area contributed by atoms with Gasteiger partial charge < -0.3 is 0 Å². The Bertz CT molecular complexity index is 365. The van der Waals surface area contributed by atoms with E-state index in [-0.39, 0.29) is 30.8 Å². The molecule has 0 aromatic carbocycles. The van der Waals surface area contributed by atoms with Crippen LogP contribution in [0.15, 0.2) is 0 Å². The molecule has 0 saturated carbocycles. The molecule has 1 aliphatic heterocycles. The summed E-state index contributed by atoms with van der Waals surface area (Å²) in [5.41, 5.74) is 0. The monoisotopic (exact) mass is 240 g/mol. The molecule has 1 fully saturated rings. The minimum atomic E-state index is -3.48. The van der Waals surface area contributed by atoms with Gasteiger partial charge in [-0.2, -0.15) is 0 Å². The summed E-state index contributed by atoms with van der Waals surface area (Å²) in [6, 6.07) is 0. The maximum atomic E-state index is 11.8. The van der Waals surface area contributed by atoms with Gasteiger partial charge in [-0.05, 0) is 19.3 Å². The molecule has 14 heavy (non-hydrogen) atoms. The van der Waals surface area contributed by atoms with Gasteiger partial charge in [0.15, 0.2) is 23.8 Å². The fourth-order valence-electron chi connectivity index (χ4n) is 2.13. The molecule has 0 aromatic heterocycles. The second-order valence-electron chi connectivity index (χ2n) is 3.61. The fraction of sp³-hybridized carbons (Fsp3) is 1.00. The number of rotatable bonds is 2. The Kier molecular flexibility index (Phi) is 2.98. The van der Waals surface area contributed by atoms with Crippen LogP contribution in [0.1, 0.15) is 33.1 Å². The van der Waals surface area contributed by atoms with E-state index in [0.29, 0.717) is 0 Å². The zero-order valence-electron chi connectivity index (χ0n) is 8.49. The van der Waals surface area contributed by atoms with E-state index in [4.69, 9.17) is 0 Å². The highest BCUT2D eigenvalue weighted by atomic mass is 32.3. The van der Waals surface area contributed by atoms with Crippen molar-refractivity contribution >= 4 is 19.7 Å². The van der Waals surface area contributed by atoms with Crippen LogP contribution >= 0.6 is 0 Å². The average molecular weight is 240 g/mol. The van der Waals surface area contributed by atoms with Crippen molar-refractivity contribution in [2.75, 3.05) is 11.5 Å². The minimum Gasteiger partial charge on any atom is -0.227 e. The lowest BCUT2D eigenvalue weighted by molar-refractivity contribution is 0.514. The second-order valence-corrected chi connectivity index (χ2v) is 8.71. The number of hydrogen-bond acceptors (Lipinski definition) is 4. The van der Waals surface area contributed by atoms with Gasteiger partial charge >= 0.3 is 0 Å². The Morgan fingerprint density at radius 3 is 1.50 bits per heavy atom. The van der Waals surface area contributed by atoms with Gasteiger partial charge in [0.2, 0.25) is 0 Å². The van der Waals surface area contributed by atoms with Gasteiger partial charge in [0.25, 0.3) is 0 Å². The van der Waals surface area contributed by atoms with Crippen LogP contribution in [0, 0.1) is 0 Å². The summed E-state index contributed by atoms with van der Waals surface area (Å²) < 4.78 is 45.7. The van der Waals surface area contributed by atoms with Gasteiger partial charge in [-0.25, -0.2) is 16.8 Å². The second kappa shape index (κ2) is 3.48. The summed E-state index contributed by atoms with van der Waals surface area (Å²) in [5.74, 6) is 0.0157. The first-order valence-corrected chi connectivity index (χ1v) is 8.08. The fourth-order valence-corrected chi connectivity index (χ4v) is 7.92. The first-order chi connectivity index (χ1) is 6.33. The van der Waals surface area contributed by atoms with Crippen molar-refractivity contribution in [3.8, 4) is 0 Å². The smallest absolute Gasteiger partial charge is 0.172 e. The van der Waals surface area contributed by atoms with Gasteiger partial charge in [0.1, 0.15) is 0 Å². The molecule has 0 aliphatic carbocycles. The molecule has 4 nitrogen and oxygen atoms in total. The van der Waals surface area contributed by atoms with E-state index >= 15 is 0 Å². The van der Waals surface area contributed by atoms with E-state index < -0.39 is 23.8 Å². The Morgan fingerprint density at radius 2 is 1.29 bits per heavy atom. The summed E-state index contributed by atoms with van der Waals surface area (Å²) in [6.45, 7) is 3.26. The number of hydrogen-bond donors (Lipinski definition) is 0. The molecule has 0 unspecified atom stereocenters. The summed E-state index contributed by atoms with van der Waals surface area (Å²) in [4.78, 5) is 0. The predicted molar refractivity (Wildman–Crippen MR) is 55.5 cm³/mol. The third-order valence-electron chi connectivity index (χ3n) is 3.04. The van der Waals surface area contributed by atoms with Crippen LogP contribution in [0.3, 0.4) is 0 Å². The van der Waals surface area contributed by atoms with Crippen molar-refractivity contribution in [2.45, 2.75) is 37.2 Å². The third kappa shape index (κ3) is 1.39. The van der Waals surface area contributed by atoms with Crippen molar-refractivity contribution in [1.29, 1.82) is 0 Å². The third-order valence-corrected chi connectivity index (χ3v) is 9.63. The standard InChI is InChI=1S/C8H16O4S2/c1-3-8(4-2)13(9,10)6-5-7-14(8,11)12/h3-7H2,1-2H3. The Morgan fingerprint density at radius 1 is 0.929 bits per heavy atom. The lowest BCUT2D eigenvalue weighted by atomic mass is 10.2. The highest BCUT2D eigenvalue weighted by Gasteiger charge is 2.53. The summed E-state index contributed by atoms with van der Waals surface area (Å²) in [7, 11) is -6.96. The first-order valence-electron chi connectivity index (χ1n) is 4.77. The summed E-state index contributed by atoms with van der Waals surface area (Å²) in [6.07, 6.45) is 0.564. The maximum Gasteiger partial charge on any atom is 0.172 e. The van der Waals surface area contributed by atoms with Crippen molar-refractivity contribution in [2.24, 2.45) is 0 Å². The SMILES string of the molecule is CCC1(CC)S(=O)(=O)CCCS1(=O)=O. The average Bonchev–Trinajstić information content (AvgIpc) is 2.03. The van der Waals surface area contributed by atoms with E-state index in [1.807, 2.05) is 0 Å². The van der Waals surface area contributed by atoms with E-state index in [2.05, 4.69) is 0 Å². The molecular formula is C8H16O4S2. The van der Waals surface area contributed by atoms with Gasteiger partial charge in [-0.1, -0.05) is 13.8 Å². The quantitative estimate of drug-likeness (QED) is 0.714. The lowest BCUT2D eigenvalue weighted by Crippen LogP contribution is -2.51. The zero-order chi connectivity index (χ0) is 11.0. The summed E-state index contributed by atoms with van der Waals surface area (Å²) in [5, 5.41) is 0. The maximum absolute atomic E-state index is 11.8. The highest BCUT2D eigenvalue weighted by Crippen LogP contribution is 2.37. The molecule has 84 valence electrons. The molecule has 1 aliphatic rings. The van der Waals surface area contributed by atoms with Crippen LogP contribution in [0.25, 0.3) is 0 Å². The molecule has 0 aromatic rings. The predicted octanol–water partition coefficient (Wildman–Crippen LogP) is 0.736. The van der Waals surface area contributed by atoms with Crippen molar-refractivity contribution in [3.63, 3.8) is 0 Å². The van der Waals surface area contributed by atoms with Crippen molar-refractivity contribution in [1.82, 2.24) is 0 Å². The topological polar surface area (TPSA) is 68.3 Å². The largest absolute Gasteiger partial charge is 0.227 e. The van der Waals surface area contributed by atoms with E-state index in [9.17, 15) is 16.8 Å². The van der Waals surface area contributed by atoms with Crippen LogP contribution in [0.2, 0.25) is 0 Å². The van der Waals surface area contributed by atoms with E-state index in [0.717, 1.165) is 0 Å². The van der Waals surface area contributed by atoms with Gasteiger partial charge in [0.05, 0.1) is 11.5 Å². The Balaban J connectivity index is 3.44. The Labute approximate surface area is 85.5 Å². The van der Waals surface area contributed by atoms with Gasteiger partial charge in [-0.15, -0.1) is 0 Å². The van der Waals surface area contributed by atoms with E-state index in [1.165, 1.54) is 0 Å². The Hall–Kier alpha value is -0.100. The number of sulfone groups is 2. The summed E-state index contributed by atoms with van der Waals surface area (Å²) >= 11 is 0. The molecule has 6 heteroatoms. The molecule has 0 radical (unpaired) electrons. The lowest BCUT2D eigenvalue weighted by Gasteiger charge is -2.34. The van der Waals surface area contributed by atoms with Crippen molar-refractivity contribution in [3.05, 3.63) is 0 Å². The zero-order valence-corrected chi connectivity index (χ0v) is 10.1. The van der Waals surface area contributed by atoms with Crippen LogP contribution in [-0.2, 0) is 19.7 Å². The molecule has 0 amide bonds. The first kappa shape index (κ1) is 12.0. The molecule has 0 spiro atoms. The van der Waals surface area contributed by atoms with E-state index in [1.54, 1.807) is 13.8 Å². The van der Waals surface area contributed by atoms with Crippen molar-refractivity contribution < 1.29 is 16.8 Å². The minimum absolute atomic E-state index is 0.00785. The van der Waals surface area contributed by atoms with Gasteiger partial charge in [-0.3, -0.25) is 0 Å². The molecule has 1 saturated heterocycles. The molecule has 1 heterocycles.